The van der Waals surface area contributed by atoms with Gasteiger partial charge in [-0.1, -0.05) is 11.6 Å². The minimum atomic E-state index is -0.220. The van der Waals surface area contributed by atoms with Crippen LogP contribution in [-0.4, -0.2) is 30.6 Å². The Labute approximate surface area is 105 Å². The second-order valence-electron chi connectivity index (χ2n) is 3.62. The lowest BCUT2D eigenvalue weighted by Gasteiger charge is -2.01. The van der Waals surface area contributed by atoms with Gasteiger partial charge >= 0.3 is 0 Å². The van der Waals surface area contributed by atoms with Crippen molar-refractivity contribution >= 4 is 17.5 Å². The fourth-order valence-corrected chi connectivity index (χ4v) is 1.51. The maximum atomic E-state index is 11.6. The second-order valence-corrected chi connectivity index (χ2v) is 3.99. The summed E-state index contributed by atoms with van der Waals surface area (Å²) in [6, 6.07) is 1.58. The lowest BCUT2D eigenvalue weighted by Crippen LogP contribution is -2.24. The number of alkyl halides is 1. The molecule has 1 amide bonds. The van der Waals surface area contributed by atoms with E-state index < -0.39 is 0 Å². The largest absolute Gasteiger partial charge is 0.377 e. The van der Waals surface area contributed by atoms with Crippen LogP contribution in [0.2, 0.25) is 0 Å². The van der Waals surface area contributed by atoms with Crippen molar-refractivity contribution < 1.29 is 14.1 Å². The van der Waals surface area contributed by atoms with E-state index in [2.05, 4.69) is 10.5 Å². The molecule has 1 N–H and O–H groups in total. The number of halogens is 1. The molecule has 0 aliphatic rings. The van der Waals surface area contributed by atoms with Crippen LogP contribution in [-0.2, 0) is 11.3 Å². The molecule has 0 aromatic carbocycles. The van der Waals surface area contributed by atoms with Gasteiger partial charge < -0.3 is 14.6 Å². The molecular weight excluding hydrogens is 244 g/mol. The molecule has 6 heteroatoms. The molecule has 0 aliphatic heterocycles. The summed E-state index contributed by atoms with van der Waals surface area (Å²) >= 11 is 5.55. The van der Waals surface area contributed by atoms with E-state index in [0.29, 0.717) is 24.8 Å². The van der Waals surface area contributed by atoms with Crippen molar-refractivity contribution in [2.45, 2.75) is 25.9 Å². The minimum Gasteiger partial charge on any atom is -0.377 e. The highest BCUT2D eigenvalue weighted by Crippen LogP contribution is 2.04. The van der Waals surface area contributed by atoms with Gasteiger partial charge in [0.15, 0.2) is 11.5 Å². The number of nitrogens with zero attached hydrogens (tertiary/aromatic N) is 1. The summed E-state index contributed by atoms with van der Waals surface area (Å²) in [5.74, 6) is 0.985. The van der Waals surface area contributed by atoms with E-state index in [9.17, 15) is 4.79 Å². The highest BCUT2D eigenvalue weighted by atomic mass is 35.5. The Morgan fingerprint density at radius 1 is 1.53 bits per heavy atom. The number of amides is 1. The minimum absolute atomic E-state index is 0.220. The van der Waals surface area contributed by atoms with Gasteiger partial charge in [-0.25, -0.2) is 0 Å². The number of hydrogen-bond acceptors (Lipinski definition) is 4. The normalized spacial score (nSPS) is 10.5. The zero-order valence-electron chi connectivity index (χ0n) is 9.87. The fourth-order valence-electron chi connectivity index (χ4n) is 1.32. The number of nitrogens with one attached hydrogen (secondary N) is 1. The average Bonchev–Trinajstić information content (AvgIpc) is 2.78. The maximum Gasteiger partial charge on any atom is 0.273 e. The molecule has 0 spiro atoms. The number of ether oxygens (including phenoxy) is 1. The van der Waals surface area contributed by atoms with Gasteiger partial charge in [-0.15, -0.1) is 11.6 Å². The third-order valence-electron chi connectivity index (χ3n) is 2.17. The quantitative estimate of drug-likeness (QED) is 0.573. The van der Waals surface area contributed by atoms with Gasteiger partial charge in [0.2, 0.25) is 0 Å². The highest BCUT2D eigenvalue weighted by molar-refractivity contribution is 6.17. The van der Waals surface area contributed by atoms with Crippen LogP contribution in [0.4, 0.5) is 0 Å². The third-order valence-corrected chi connectivity index (χ3v) is 2.44. The Morgan fingerprint density at radius 2 is 2.35 bits per heavy atom. The summed E-state index contributed by atoms with van der Waals surface area (Å²) in [6.45, 7) is 0.943. The standard InChI is InChI=1S/C11H17ClN2O3/c1-16-8-9-7-10(14-17-9)11(15)13-6-4-2-3-5-12/h7H,2-6,8H2,1H3,(H,13,15). The van der Waals surface area contributed by atoms with Gasteiger partial charge in [-0.05, 0) is 12.8 Å². The summed E-state index contributed by atoms with van der Waals surface area (Å²) in [5, 5.41) is 6.43. The molecule has 1 aromatic heterocycles. The smallest absolute Gasteiger partial charge is 0.273 e. The van der Waals surface area contributed by atoms with E-state index in [4.69, 9.17) is 20.9 Å². The lowest BCUT2D eigenvalue weighted by molar-refractivity contribution is 0.0943. The third kappa shape index (κ3) is 5.19. The Hall–Kier alpha value is -1.07. The zero-order valence-corrected chi connectivity index (χ0v) is 10.6. The van der Waals surface area contributed by atoms with E-state index >= 15 is 0 Å². The van der Waals surface area contributed by atoms with Gasteiger partial charge in [-0.2, -0.15) is 0 Å². The molecule has 17 heavy (non-hydrogen) atoms. The SMILES string of the molecule is COCc1cc(C(=O)NCCCCCCl)no1. The Morgan fingerprint density at radius 3 is 3.06 bits per heavy atom. The van der Waals surface area contributed by atoms with Crippen LogP contribution in [0.5, 0.6) is 0 Å². The van der Waals surface area contributed by atoms with Crippen LogP contribution in [0.3, 0.4) is 0 Å². The Kier molecular flexibility index (Phi) is 6.65. The maximum absolute atomic E-state index is 11.6. The molecule has 96 valence electrons. The molecule has 0 bridgehead atoms. The lowest BCUT2D eigenvalue weighted by atomic mass is 10.2. The van der Waals surface area contributed by atoms with Gasteiger partial charge in [0, 0.05) is 25.6 Å². The Bertz CT molecular complexity index is 341. The van der Waals surface area contributed by atoms with E-state index in [1.165, 1.54) is 0 Å². The number of carbonyl (C=O) groups excluding carboxylic acids is 1. The molecule has 1 aromatic rings. The number of rotatable bonds is 8. The first-order chi connectivity index (χ1) is 8.27. The highest BCUT2D eigenvalue weighted by Gasteiger charge is 2.11. The van der Waals surface area contributed by atoms with Gasteiger partial charge in [-0.3, -0.25) is 4.79 Å². The molecule has 0 fully saturated rings. The van der Waals surface area contributed by atoms with E-state index in [1.54, 1.807) is 13.2 Å². The van der Waals surface area contributed by atoms with Crippen molar-refractivity contribution in [1.82, 2.24) is 10.5 Å². The molecule has 0 atom stereocenters. The average molecular weight is 261 g/mol. The predicted molar refractivity (Wildman–Crippen MR) is 64.1 cm³/mol. The van der Waals surface area contributed by atoms with Crippen molar-refractivity contribution in [3.8, 4) is 0 Å². The van der Waals surface area contributed by atoms with E-state index in [-0.39, 0.29) is 11.6 Å². The van der Waals surface area contributed by atoms with Crippen LogP contribution < -0.4 is 5.32 Å². The van der Waals surface area contributed by atoms with Gasteiger partial charge in [0.1, 0.15) is 6.61 Å². The van der Waals surface area contributed by atoms with Crippen LogP contribution in [0, 0.1) is 0 Å². The van der Waals surface area contributed by atoms with Crippen LogP contribution in [0.15, 0.2) is 10.6 Å². The first-order valence-corrected chi connectivity index (χ1v) is 6.10. The molecule has 0 radical (unpaired) electrons. The summed E-state index contributed by atoms with van der Waals surface area (Å²) in [6.07, 6.45) is 2.90. The van der Waals surface area contributed by atoms with Crippen molar-refractivity contribution in [3.05, 3.63) is 17.5 Å². The number of aromatic nitrogens is 1. The molecule has 0 saturated carbocycles. The zero-order chi connectivity index (χ0) is 12.5. The van der Waals surface area contributed by atoms with Gasteiger partial charge in [0.25, 0.3) is 5.91 Å². The first kappa shape index (κ1) is 14.0. The van der Waals surface area contributed by atoms with Crippen molar-refractivity contribution in [2.24, 2.45) is 0 Å². The fraction of sp³-hybridized carbons (Fsp3) is 0.636. The van der Waals surface area contributed by atoms with Crippen molar-refractivity contribution in [3.63, 3.8) is 0 Å². The predicted octanol–water partition coefficient (Wildman–Crippen LogP) is 1.96. The number of methoxy groups -OCH3 is 1. The Balaban J connectivity index is 2.26. The number of carbonyl (C=O) groups is 1. The van der Waals surface area contributed by atoms with Crippen molar-refractivity contribution in [2.75, 3.05) is 19.5 Å². The summed E-state index contributed by atoms with van der Waals surface area (Å²) in [4.78, 5) is 11.6. The van der Waals surface area contributed by atoms with Gasteiger partial charge in [0.05, 0.1) is 0 Å². The molecule has 0 unspecified atom stereocenters. The molecule has 1 heterocycles. The molecule has 5 nitrogen and oxygen atoms in total. The van der Waals surface area contributed by atoms with Crippen LogP contribution >= 0.6 is 11.6 Å². The topological polar surface area (TPSA) is 64.4 Å². The molecule has 0 saturated heterocycles. The summed E-state index contributed by atoms with van der Waals surface area (Å²) < 4.78 is 9.79. The van der Waals surface area contributed by atoms with Crippen molar-refractivity contribution in [1.29, 1.82) is 0 Å². The van der Waals surface area contributed by atoms with E-state index in [1.807, 2.05) is 0 Å². The first-order valence-electron chi connectivity index (χ1n) is 5.56. The molecule has 1 rings (SSSR count). The second kappa shape index (κ2) is 8.08. The van der Waals surface area contributed by atoms with Crippen LogP contribution in [0.25, 0.3) is 0 Å². The summed E-state index contributed by atoms with van der Waals surface area (Å²) in [7, 11) is 1.55. The van der Waals surface area contributed by atoms with Crippen LogP contribution in [0.1, 0.15) is 35.5 Å². The number of hydrogen-bond donors (Lipinski definition) is 1. The van der Waals surface area contributed by atoms with E-state index in [0.717, 1.165) is 19.3 Å². The monoisotopic (exact) mass is 260 g/mol. The molecular formula is C11H17ClN2O3. The number of unbranched alkanes of at least 4 members (excludes halogenated alkanes) is 2. The summed E-state index contributed by atoms with van der Waals surface area (Å²) in [5.41, 5.74) is 0.286. The molecule has 0 aliphatic carbocycles.